The van der Waals surface area contributed by atoms with Gasteiger partial charge in [-0.2, -0.15) is 5.10 Å². The van der Waals surface area contributed by atoms with Crippen LogP contribution in [0.2, 0.25) is 0 Å². The van der Waals surface area contributed by atoms with Gasteiger partial charge in [-0.3, -0.25) is 4.79 Å². The second-order valence-electron chi connectivity index (χ2n) is 7.07. The summed E-state index contributed by atoms with van der Waals surface area (Å²) in [6.07, 6.45) is 0.499. The highest BCUT2D eigenvalue weighted by Gasteiger charge is 2.32. The van der Waals surface area contributed by atoms with Gasteiger partial charge in [0, 0.05) is 13.7 Å². The van der Waals surface area contributed by atoms with Crippen LogP contribution in [0.25, 0.3) is 21.6 Å². The number of rotatable bonds is 6. The number of carbonyl (C=O) groups excluding carboxylic acids is 1. The summed E-state index contributed by atoms with van der Waals surface area (Å²) < 4.78 is 30.7. The van der Waals surface area contributed by atoms with Crippen LogP contribution < -0.4 is 5.32 Å². The van der Waals surface area contributed by atoms with Crippen molar-refractivity contribution in [1.82, 2.24) is 20.1 Å². The maximum absolute atomic E-state index is 12.9. The number of ether oxygens (including phenoxy) is 1. The number of aromatic nitrogens is 3. The number of thiophene rings is 1. The zero-order valence-electron chi connectivity index (χ0n) is 16.2. The predicted molar refractivity (Wildman–Crippen MR) is 112 cm³/mol. The van der Waals surface area contributed by atoms with E-state index in [0.717, 1.165) is 4.88 Å². The largest absolute Gasteiger partial charge is 0.383 e. The van der Waals surface area contributed by atoms with E-state index in [1.807, 2.05) is 24.4 Å². The molecule has 0 spiro atoms. The van der Waals surface area contributed by atoms with E-state index < -0.39 is 9.84 Å². The Morgan fingerprint density at radius 3 is 2.93 bits per heavy atom. The van der Waals surface area contributed by atoms with Crippen molar-refractivity contribution in [1.29, 1.82) is 0 Å². The molecule has 4 rings (SSSR count). The van der Waals surface area contributed by atoms with E-state index in [-0.39, 0.29) is 23.5 Å². The Kier molecular flexibility index (Phi) is 5.41. The molecule has 0 radical (unpaired) electrons. The van der Waals surface area contributed by atoms with Gasteiger partial charge >= 0.3 is 0 Å². The molecule has 10 heteroatoms. The van der Waals surface area contributed by atoms with E-state index in [4.69, 9.17) is 9.72 Å². The molecule has 1 aliphatic heterocycles. The van der Waals surface area contributed by atoms with Crippen molar-refractivity contribution < 1.29 is 17.9 Å². The highest BCUT2D eigenvalue weighted by molar-refractivity contribution is 7.91. The molecule has 1 atom stereocenters. The molecule has 0 saturated carbocycles. The number of carbonyl (C=O) groups is 1. The van der Waals surface area contributed by atoms with Crippen LogP contribution in [0, 0.1) is 6.92 Å². The second kappa shape index (κ2) is 7.85. The fourth-order valence-electron chi connectivity index (χ4n) is 3.63. The van der Waals surface area contributed by atoms with E-state index in [2.05, 4.69) is 10.4 Å². The van der Waals surface area contributed by atoms with Crippen LogP contribution in [-0.4, -0.2) is 60.9 Å². The average molecular weight is 435 g/mol. The molecule has 1 amide bonds. The molecular weight excluding hydrogens is 412 g/mol. The van der Waals surface area contributed by atoms with E-state index in [1.54, 1.807) is 17.9 Å². The molecule has 4 heterocycles. The normalized spacial score (nSPS) is 18.3. The van der Waals surface area contributed by atoms with Gasteiger partial charge in [0.15, 0.2) is 15.5 Å². The zero-order chi connectivity index (χ0) is 20.6. The van der Waals surface area contributed by atoms with Crippen molar-refractivity contribution in [2.75, 3.05) is 31.8 Å². The molecule has 0 bridgehead atoms. The molecule has 1 saturated heterocycles. The first kappa shape index (κ1) is 20.0. The first-order valence-corrected chi connectivity index (χ1v) is 12.0. The van der Waals surface area contributed by atoms with Crippen molar-refractivity contribution in [3.8, 4) is 10.6 Å². The van der Waals surface area contributed by atoms with Gasteiger partial charge in [0.2, 0.25) is 0 Å². The Labute approximate surface area is 172 Å². The fourth-order valence-corrected chi connectivity index (χ4v) is 6.01. The summed E-state index contributed by atoms with van der Waals surface area (Å²) in [4.78, 5) is 18.6. The second-order valence-corrected chi connectivity index (χ2v) is 10.2. The lowest BCUT2D eigenvalue weighted by atomic mass is 10.1. The topological polar surface area (TPSA) is 103 Å². The van der Waals surface area contributed by atoms with Crippen molar-refractivity contribution >= 4 is 38.1 Å². The number of sulfone groups is 1. The molecule has 0 aliphatic carbocycles. The smallest absolute Gasteiger partial charge is 0.252 e. The Morgan fingerprint density at radius 1 is 1.45 bits per heavy atom. The van der Waals surface area contributed by atoms with E-state index in [0.29, 0.717) is 47.6 Å². The summed E-state index contributed by atoms with van der Waals surface area (Å²) in [6.45, 7) is 2.62. The summed E-state index contributed by atoms with van der Waals surface area (Å²) >= 11 is 1.53. The first-order chi connectivity index (χ1) is 13.9. The van der Waals surface area contributed by atoms with Gasteiger partial charge in [-0.1, -0.05) is 6.07 Å². The number of hydrogen-bond donors (Lipinski definition) is 1. The molecule has 3 aromatic rings. The lowest BCUT2D eigenvalue weighted by Gasteiger charge is -2.12. The van der Waals surface area contributed by atoms with Crippen LogP contribution in [0.3, 0.4) is 0 Å². The molecule has 3 aromatic heterocycles. The molecule has 154 valence electrons. The quantitative estimate of drug-likeness (QED) is 0.597. The van der Waals surface area contributed by atoms with E-state index in [1.165, 1.54) is 11.3 Å². The van der Waals surface area contributed by atoms with E-state index >= 15 is 0 Å². The minimum absolute atomic E-state index is 0.0451. The monoisotopic (exact) mass is 434 g/mol. The summed E-state index contributed by atoms with van der Waals surface area (Å²) in [5.41, 5.74) is 2.37. The first-order valence-electron chi connectivity index (χ1n) is 9.31. The van der Waals surface area contributed by atoms with Crippen LogP contribution >= 0.6 is 11.3 Å². The third-order valence-corrected chi connectivity index (χ3v) is 7.64. The highest BCUT2D eigenvalue weighted by atomic mass is 32.2. The summed E-state index contributed by atoms with van der Waals surface area (Å²) in [5, 5.41) is 10.1. The minimum atomic E-state index is -3.08. The van der Waals surface area contributed by atoms with Crippen LogP contribution in [0.15, 0.2) is 23.6 Å². The number of nitrogens with zero attached hydrogens (tertiary/aromatic N) is 3. The molecule has 1 N–H and O–H groups in total. The Balaban J connectivity index is 1.86. The molecule has 1 aliphatic rings. The SMILES string of the molecule is COCCNC(=O)c1cc(-c2cccs2)nc2c1c(C)nn2[C@@H]1CCS(=O)(=O)C1. The van der Waals surface area contributed by atoms with Crippen molar-refractivity contribution in [3.63, 3.8) is 0 Å². The van der Waals surface area contributed by atoms with Crippen molar-refractivity contribution in [3.05, 3.63) is 34.8 Å². The van der Waals surface area contributed by atoms with Crippen LogP contribution in [0.1, 0.15) is 28.5 Å². The number of nitrogens with one attached hydrogen (secondary N) is 1. The third-order valence-electron chi connectivity index (χ3n) is 5.00. The predicted octanol–water partition coefficient (Wildman–Crippen LogP) is 2.20. The average Bonchev–Trinajstić information content (AvgIpc) is 3.40. The standard InChI is InChI=1S/C19H22N4O4S2/c1-12-17-14(19(24)20-6-7-27-2)10-15(16-4-3-8-28-16)21-18(17)23(22-12)13-5-9-29(25,26)11-13/h3-4,8,10,13H,5-7,9,11H2,1-2H3,(H,20,24)/t13-/m1/s1. The van der Waals surface area contributed by atoms with Gasteiger partial charge in [-0.15, -0.1) is 11.3 Å². The van der Waals surface area contributed by atoms with Crippen LogP contribution in [0.5, 0.6) is 0 Å². The number of fused-ring (bicyclic) bond motifs is 1. The van der Waals surface area contributed by atoms with E-state index in [9.17, 15) is 13.2 Å². The number of amides is 1. The van der Waals surface area contributed by atoms with Gasteiger partial charge in [0.05, 0.1) is 51.4 Å². The summed E-state index contributed by atoms with van der Waals surface area (Å²) in [5.74, 6) is -0.0368. The molecule has 0 aromatic carbocycles. The number of aryl methyl sites for hydroxylation is 1. The maximum Gasteiger partial charge on any atom is 0.252 e. The Bertz CT molecular complexity index is 1150. The summed E-state index contributed by atoms with van der Waals surface area (Å²) in [7, 11) is -1.50. The highest BCUT2D eigenvalue weighted by Crippen LogP contribution is 2.33. The van der Waals surface area contributed by atoms with Crippen LogP contribution in [-0.2, 0) is 14.6 Å². The van der Waals surface area contributed by atoms with Crippen molar-refractivity contribution in [2.24, 2.45) is 0 Å². The minimum Gasteiger partial charge on any atom is -0.383 e. The Morgan fingerprint density at radius 2 is 2.28 bits per heavy atom. The molecule has 29 heavy (non-hydrogen) atoms. The molecule has 0 unspecified atom stereocenters. The number of pyridine rings is 1. The van der Waals surface area contributed by atoms with Gasteiger partial charge in [0.25, 0.3) is 5.91 Å². The zero-order valence-corrected chi connectivity index (χ0v) is 17.8. The van der Waals surface area contributed by atoms with Gasteiger partial charge in [-0.05, 0) is 30.9 Å². The lowest BCUT2D eigenvalue weighted by molar-refractivity contribution is 0.0938. The maximum atomic E-state index is 12.9. The summed E-state index contributed by atoms with van der Waals surface area (Å²) in [6, 6.07) is 5.38. The fraction of sp³-hybridized carbons (Fsp3) is 0.421. The van der Waals surface area contributed by atoms with Gasteiger partial charge in [-0.25, -0.2) is 18.1 Å². The lowest BCUT2D eigenvalue weighted by Crippen LogP contribution is -2.27. The molecule has 8 nitrogen and oxygen atoms in total. The Hall–Kier alpha value is -2.30. The number of methoxy groups -OCH3 is 1. The van der Waals surface area contributed by atoms with Gasteiger partial charge in [0.1, 0.15) is 0 Å². The third kappa shape index (κ3) is 3.92. The number of hydrogen-bond acceptors (Lipinski definition) is 7. The van der Waals surface area contributed by atoms with Crippen molar-refractivity contribution in [2.45, 2.75) is 19.4 Å². The molecule has 1 fully saturated rings. The van der Waals surface area contributed by atoms with Crippen LogP contribution in [0.4, 0.5) is 0 Å². The molecular formula is C19H22N4O4S2. The van der Waals surface area contributed by atoms with Gasteiger partial charge < -0.3 is 10.1 Å².